The third-order valence-electron chi connectivity index (χ3n) is 3.22. The zero-order valence-electron chi connectivity index (χ0n) is 14.4. The van der Waals surface area contributed by atoms with Crippen LogP contribution < -0.4 is 14.8 Å². The number of carbonyl (C=O) groups excluding carboxylic acids is 2. The second-order valence-corrected chi connectivity index (χ2v) is 6.18. The molecule has 6 nitrogen and oxygen atoms in total. The third-order valence-corrected chi connectivity index (χ3v) is 4.12. The van der Waals surface area contributed by atoms with E-state index in [1.807, 2.05) is 19.1 Å². The van der Waals surface area contributed by atoms with E-state index in [1.54, 1.807) is 19.3 Å². The van der Waals surface area contributed by atoms with Crippen LogP contribution in [0.5, 0.6) is 11.5 Å². The minimum absolute atomic E-state index is 0.267. The van der Waals surface area contributed by atoms with Gasteiger partial charge in [-0.3, -0.25) is 9.59 Å². The Hall–Kier alpha value is -2.54. The number of hydrogen-bond acceptors (Lipinski definition) is 5. The highest BCUT2D eigenvalue weighted by Gasteiger charge is 2.23. The second kappa shape index (κ2) is 8.53. The minimum Gasteiger partial charge on any atom is -0.493 e. The second-order valence-electron chi connectivity index (χ2n) is 5.15. The fourth-order valence-corrected chi connectivity index (χ4v) is 3.19. The summed E-state index contributed by atoms with van der Waals surface area (Å²) in [5, 5.41) is 2.81. The molecule has 0 fully saturated rings. The predicted molar refractivity (Wildman–Crippen MR) is 99.9 cm³/mol. The molecule has 1 aromatic carbocycles. The highest BCUT2D eigenvalue weighted by Crippen LogP contribution is 2.35. The molecule has 0 atom stereocenters. The zero-order valence-corrected chi connectivity index (χ0v) is 15.2. The Morgan fingerprint density at radius 2 is 2.20 bits per heavy atom. The summed E-state index contributed by atoms with van der Waals surface area (Å²) in [7, 11) is 1.59. The molecule has 0 saturated heterocycles. The van der Waals surface area contributed by atoms with Crippen molar-refractivity contribution < 1.29 is 19.1 Å². The molecule has 7 heteroatoms. The van der Waals surface area contributed by atoms with Crippen molar-refractivity contribution in [3.63, 3.8) is 0 Å². The standard InChI is InChI=1S/C18H20N2O4S/c1-5-7-13-8-12(9-14(24-6-2)16(13)23-4)10-15-17(22)20-18(25-15)19-11(3)21/h5,8-10H,1,6-7H2,2-4H3,(H,19,20,21,22)/b15-10+. The molecule has 1 heterocycles. The van der Waals surface area contributed by atoms with E-state index >= 15 is 0 Å². The Morgan fingerprint density at radius 3 is 2.80 bits per heavy atom. The number of amidine groups is 1. The topological polar surface area (TPSA) is 77.0 Å². The Labute approximate surface area is 151 Å². The van der Waals surface area contributed by atoms with E-state index in [0.29, 0.717) is 29.4 Å². The minimum atomic E-state index is -0.382. The van der Waals surface area contributed by atoms with Gasteiger partial charge in [0.15, 0.2) is 16.7 Å². The molecule has 1 N–H and O–H groups in total. The van der Waals surface area contributed by atoms with Crippen LogP contribution in [0.4, 0.5) is 0 Å². The van der Waals surface area contributed by atoms with Crippen LogP contribution in [0.15, 0.2) is 34.7 Å². The fourth-order valence-electron chi connectivity index (χ4n) is 2.33. The Bertz CT molecular complexity index is 769. The number of carbonyl (C=O) groups is 2. The number of nitrogens with one attached hydrogen (secondary N) is 1. The molecule has 0 unspecified atom stereocenters. The highest BCUT2D eigenvalue weighted by atomic mass is 32.2. The van der Waals surface area contributed by atoms with Crippen molar-refractivity contribution in [2.45, 2.75) is 20.3 Å². The summed E-state index contributed by atoms with van der Waals surface area (Å²) >= 11 is 1.13. The van der Waals surface area contributed by atoms with Crippen molar-refractivity contribution in [1.82, 2.24) is 5.32 Å². The number of amides is 2. The number of aliphatic imine (C=N–C) groups is 1. The first-order valence-electron chi connectivity index (χ1n) is 7.73. The Kier molecular flexibility index (Phi) is 6.41. The van der Waals surface area contributed by atoms with Crippen molar-refractivity contribution in [2.24, 2.45) is 4.99 Å². The van der Waals surface area contributed by atoms with Gasteiger partial charge in [0, 0.05) is 12.5 Å². The van der Waals surface area contributed by atoms with Gasteiger partial charge in [-0.25, -0.2) is 0 Å². The Balaban J connectivity index is 2.37. The predicted octanol–water partition coefficient (Wildman–Crippen LogP) is 2.93. The number of ether oxygens (including phenoxy) is 2. The van der Waals surface area contributed by atoms with Crippen LogP contribution in [0.2, 0.25) is 0 Å². The average Bonchev–Trinajstić information content (AvgIpc) is 2.86. The van der Waals surface area contributed by atoms with Gasteiger partial charge in [-0.2, -0.15) is 4.99 Å². The van der Waals surface area contributed by atoms with E-state index in [4.69, 9.17) is 9.47 Å². The first kappa shape index (κ1) is 18.8. The van der Waals surface area contributed by atoms with Crippen molar-refractivity contribution in [2.75, 3.05) is 13.7 Å². The molecular formula is C18H20N2O4S. The first-order valence-corrected chi connectivity index (χ1v) is 8.54. The largest absolute Gasteiger partial charge is 0.493 e. The number of nitrogens with zero attached hydrogens (tertiary/aromatic N) is 1. The quantitative estimate of drug-likeness (QED) is 0.623. The monoisotopic (exact) mass is 360 g/mol. The molecule has 2 rings (SSSR count). The van der Waals surface area contributed by atoms with Gasteiger partial charge < -0.3 is 14.8 Å². The summed E-state index contributed by atoms with van der Waals surface area (Å²) < 4.78 is 11.1. The van der Waals surface area contributed by atoms with Crippen molar-refractivity contribution in [3.05, 3.63) is 40.8 Å². The van der Waals surface area contributed by atoms with Gasteiger partial charge in [0.05, 0.1) is 18.6 Å². The number of hydrogen-bond donors (Lipinski definition) is 1. The van der Waals surface area contributed by atoms with Gasteiger partial charge >= 0.3 is 0 Å². The molecule has 25 heavy (non-hydrogen) atoms. The highest BCUT2D eigenvalue weighted by molar-refractivity contribution is 8.18. The molecule has 1 aliphatic rings. The molecule has 2 amide bonds. The van der Waals surface area contributed by atoms with E-state index in [1.165, 1.54) is 6.92 Å². The number of rotatable bonds is 6. The van der Waals surface area contributed by atoms with Crippen molar-refractivity contribution in [3.8, 4) is 11.5 Å². The van der Waals surface area contributed by atoms with E-state index in [-0.39, 0.29) is 17.0 Å². The molecule has 0 aromatic heterocycles. The summed E-state index contributed by atoms with van der Waals surface area (Å²) in [6, 6.07) is 3.73. The first-order chi connectivity index (χ1) is 12.0. The number of thioether (sulfide) groups is 1. The van der Waals surface area contributed by atoms with Gasteiger partial charge in [-0.05, 0) is 48.9 Å². The maximum Gasteiger partial charge on any atom is 0.286 e. The molecular weight excluding hydrogens is 340 g/mol. The SMILES string of the molecule is C=CCc1cc(/C=C2/SC(NC(C)=O)=NC2=O)cc(OCC)c1OC. The number of methoxy groups -OCH3 is 1. The molecule has 132 valence electrons. The average molecular weight is 360 g/mol. The molecule has 0 spiro atoms. The van der Waals surface area contributed by atoms with Crippen LogP contribution in [0.25, 0.3) is 6.08 Å². The van der Waals surface area contributed by atoms with Gasteiger partial charge in [0.25, 0.3) is 5.91 Å². The number of allylic oxidation sites excluding steroid dienone is 1. The fraction of sp³-hybridized carbons (Fsp3) is 0.278. The lowest BCUT2D eigenvalue weighted by molar-refractivity contribution is -0.117. The van der Waals surface area contributed by atoms with Crippen LogP contribution in [0.1, 0.15) is 25.0 Å². The van der Waals surface area contributed by atoms with Crippen LogP contribution in [-0.2, 0) is 16.0 Å². The van der Waals surface area contributed by atoms with Crippen LogP contribution in [0, 0.1) is 0 Å². The summed E-state index contributed by atoms with van der Waals surface area (Å²) in [6.07, 6.45) is 4.10. The molecule has 0 radical (unpaired) electrons. The van der Waals surface area contributed by atoms with E-state index < -0.39 is 0 Å². The van der Waals surface area contributed by atoms with Crippen LogP contribution in [-0.4, -0.2) is 30.7 Å². The van der Waals surface area contributed by atoms with Gasteiger partial charge in [-0.1, -0.05) is 6.08 Å². The van der Waals surface area contributed by atoms with Crippen LogP contribution in [0.3, 0.4) is 0 Å². The molecule has 0 aliphatic carbocycles. The maximum atomic E-state index is 12.0. The Morgan fingerprint density at radius 1 is 1.44 bits per heavy atom. The molecule has 1 aliphatic heterocycles. The van der Waals surface area contributed by atoms with E-state index in [2.05, 4.69) is 16.9 Å². The molecule has 0 saturated carbocycles. The number of benzene rings is 1. The summed E-state index contributed by atoms with van der Waals surface area (Å²) in [5.74, 6) is 0.614. The zero-order chi connectivity index (χ0) is 18.4. The van der Waals surface area contributed by atoms with E-state index in [0.717, 1.165) is 22.9 Å². The van der Waals surface area contributed by atoms with Crippen LogP contribution >= 0.6 is 11.8 Å². The summed E-state index contributed by atoms with van der Waals surface area (Å²) in [4.78, 5) is 27.4. The van der Waals surface area contributed by atoms with Gasteiger partial charge in [-0.15, -0.1) is 6.58 Å². The molecule has 0 bridgehead atoms. The summed E-state index contributed by atoms with van der Waals surface area (Å²) in [6.45, 7) is 7.51. The smallest absolute Gasteiger partial charge is 0.286 e. The lowest BCUT2D eigenvalue weighted by Crippen LogP contribution is -2.23. The summed E-state index contributed by atoms with van der Waals surface area (Å²) in [5.41, 5.74) is 1.70. The van der Waals surface area contributed by atoms with Crippen molar-refractivity contribution in [1.29, 1.82) is 0 Å². The molecule has 1 aromatic rings. The maximum absolute atomic E-state index is 12.0. The van der Waals surface area contributed by atoms with Gasteiger partial charge in [0.2, 0.25) is 5.91 Å². The lowest BCUT2D eigenvalue weighted by atomic mass is 10.0. The van der Waals surface area contributed by atoms with E-state index in [9.17, 15) is 9.59 Å². The normalized spacial score (nSPS) is 15.1. The third kappa shape index (κ3) is 4.73. The van der Waals surface area contributed by atoms with Gasteiger partial charge in [0.1, 0.15) is 0 Å². The van der Waals surface area contributed by atoms with Crippen molar-refractivity contribution >= 4 is 34.8 Å². The lowest BCUT2D eigenvalue weighted by Gasteiger charge is -2.14.